The van der Waals surface area contributed by atoms with Crippen LogP contribution in [0.3, 0.4) is 0 Å². The predicted molar refractivity (Wildman–Crippen MR) is 174 cm³/mol. The Hall–Kier alpha value is -2.65. The average Bonchev–Trinajstić information content (AvgIpc) is 2.83. The molecule has 1 aromatic carbocycles. The molecule has 1 aromatic rings. The Balaban J connectivity index is 0.000000821. The zero-order valence-electron chi connectivity index (χ0n) is 29.1. The highest BCUT2D eigenvalue weighted by atomic mass is 16.5. The number of ether oxygens (including phenoxy) is 2. The number of rotatable bonds is 13. The van der Waals surface area contributed by atoms with Crippen LogP contribution in [0.25, 0.3) is 0 Å². The normalized spacial score (nSPS) is 14.8. The van der Waals surface area contributed by atoms with Crippen LogP contribution in [0.5, 0.6) is 5.75 Å². The van der Waals surface area contributed by atoms with Crippen molar-refractivity contribution in [1.29, 1.82) is 0 Å². The summed E-state index contributed by atoms with van der Waals surface area (Å²) in [5.74, 6) is -0.711. The van der Waals surface area contributed by atoms with Crippen LogP contribution < -0.4 is 11.1 Å². The van der Waals surface area contributed by atoms with E-state index in [4.69, 9.17) is 15.2 Å². The molecule has 0 spiro atoms. The van der Waals surface area contributed by atoms with Gasteiger partial charge >= 0.3 is 11.9 Å². The van der Waals surface area contributed by atoms with Crippen LogP contribution >= 0.6 is 0 Å². The Morgan fingerprint density at radius 2 is 1.42 bits per heavy atom. The molecule has 4 N–H and O–H groups in total. The quantitative estimate of drug-likeness (QED) is 0.257. The highest BCUT2D eigenvalue weighted by molar-refractivity contribution is 5.87. The standard InChI is InChI=1S/C17H34N2O3.C17H27NO3/c1-10(2)13(18)15(20)19-14(11(3)4)16(21)22-12(5)9-17(6,7)8;1-17(2,3)10-11-21-16(20)15(18(4)5)12-13-6-8-14(19)9-7-13/h10-14H,9,18H2,1-8H3,(H,19,20);6-9,15,19H,10-12H2,1-5H3/t12?,13-,14-;15-/m00/s1. The lowest BCUT2D eigenvalue weighted by Gasteiger charge is -2.27. The van der Waals surface area contributed by atoms with Gasteiger partial charge in [0.15, 0.2) is 0 Å². The first kappa shape index (κ1) is 40.4. The molecular formula is C34H61N3O6. The number of amides is 1. The second-order valence-corrected chi connectivity index (χ2v) is 14.8. The van der Waals surface area contributed by atoms with Gasteiger partial charge in [-0.25, -0.2) is 4.79 Å². The maximum absolute atomic E-state index is 12.3. The van der Waals surface area contributed by atoms with Crippen molar-refractivity contribution in [1.82, 2.24) is 10.2 Å². The van der Waals surface area contributed by atoms with Gasteiger partial charge in [-0.2, -0.15) is 0 Å². The van der Waals surface area contributed by atoms with Gasteiger partial charge in [-0.3, -0.25) is 14.5 Å². The third kappa shape index (κ3) is 17.9. The van der Waals surface area contributed by atoms with Gasteiger partial charge in [0.2, 0.25) is 5.91 Å². The van der Waals surface area contributed by atoms with Crippen LogP contribution in [0.2, 0.25) is 0 Å². The van der Waals surface area contributed by atoms with Gasteiger partial charge in [0.25, 0.3) is 0 Å². The van der Waals surface area contributed by atoms with Crippen molar-refractivity contribution >= 4 is 17.8 Å². The monoisotopic (exact) mass is 607 g/mol. The van der Waals surface area contributed by atoms with Gasteiger partial charge in [-0.1, -0.05) is 81.4 Å². The lowest BCUT2D eigenvalue weighted by molar-refractivity contribution is -0.155. The van der Waals surface area contributed by atoms with E-state index in [0.717, 1.165) is 18.4 Å². The Bertz CT molecular complexity index is 977. The third-order valence-corrected chi connectivity index (χ3v) is 6.81. The fourth-order valence-electron chi connectivity index (χ4n) is 4.11. The smallest absolute Gasteiger partial charge is 0.329 e. The van der Waals surface area contributed by atoms with Crippen molar-refractivity contribution in [2.75, 3.05) is 20.7 Å². The van der Waals surface area contributed by atoms with Crippen molar-refractivity contribution in [2.24, 2.45) is 28.4 Å². The van der Waals surface area contributed by atoms with Crippen molar-refractivity contribution in [2.45, 2.75) is 120 Å². The summed E-state index contributed by atoms with van der Waals surface area (Å²) in [6.45, 7) is 22.5. The summed E-state index contributed by atoms with van der Waals surface area (Å²) in [5.41, 5.74) is 7.07. The van der Waals surface area contributed by atoms with Gasteiger partial charge in [-0.15, -0.1) is 0 Å². The number of carbonyl (C=O) groups is 3. The molecule has 4 atom stereocenters. The first-order valence-electron chi connectivity index (χ1n) is 15.4. The predicted octanol–water partition coefficient (Wildman–Crippen LogP) is 5.32. The average molecular weight is 608 g/mol. The molecule has 248 valence electrons. The molecular weight excluding hydrogens is 546 g/mol. The maximum atomic E-state index is 12.3. The summed E-state index contributed by atoms with van der Waals surface area (Å²) in [5, 5.41) is 12.0. The fourth-order valence-corrected chi connectivity index (χ4v) is 4.11. The summed E-state index contributed by atoms with van der Waals surface area (Å²) < 4.78 is 10.9. The van der Waals surface area contributed by atoms with E-state index in [9.17, 15) is 19.5 Å². The van der Waals surface area contributed by atoms with Crippen LogP contribution in [-0.4, -0.2) is 72.8 Å². The number of aromatic hydroxyl groups is 1. The molecule has 0 fully saturated rings. The minimum absolute atomic E-state index is 0.0173. The van der Waals surface area contributed by atoms with E-state index >= 15 is 0 Å². The number of carbonyl (C=O) groups excluding carboxylic acids is 3. The summed E-state index contributed by atoms with van der Waals surface area (Å²) >= 11 is 0. The van der Waals surface area contributed by atoms with Crippen molar-refractivity contribution in [3.63, 3.8) is 0 Å². The number of nitrogens with zero attached hydrogens (tertiary/aromatic N) is 1. The number of phenols is 1. The first-order valence-corrected chi connectivity index (χ1v) is 15.4. The lowest BCUT2D eigenvalue weighted by Crippen LogP contribution is -2.53. The molecule has 0 bridgehead atoms. The van der Waals surface area contributed by atoms with Crippen LogP contribution in [0, 0.1) is 22.7 Å². The Kier molecular flexibility index (Phi) is 17.1. The lowest BCUT2D eigenvalue weighted by atomic mass is 9.90. The largest absolute Gasteiger partial charge is 0.508 e. The number of hydrogen-bond acceptors (Lipinski definition) is 8. The minimum atomic E-state index is -0.667. The van der Waals surface area contributed by atoms with E-state index in [1.165, 1.54) is 0 Å². The first-order chi connectivity index (χ1) is 19.5. The van der Waals surface area contributed by atoms with E-state index in [-0.39, 0.29) is 52.4 Å². The third-order valence-electron chi connectivity index (χ3n) is 6.81. The molecule has 1 rings (SSSR count). The Morgan fingerprint density at radius 3 is 1.84 bits per heavy atom. The molecule has 0 aliphatic carbocycles. The van der Waals surface area contributed by atoms with E-state index in [1.54, 1.807) is 12.1 Å². The summed E-state index contributed by atoms with van der Waals surface area (Å²) in [4.78, 5) is 38.5. The number of phenolic OH excluding ortho intramolecular Hbond substituents is 1. The molecule has 0 aliphatic rings. The number of hydrogen-bond donors (Lipinski definition) is 3. The van der Waals surface area contributed by atoms with E-state index in [2.05, 4.69) is 46.9 Å². The summed E-state index contributed by atoms with van der Waals surface area (Å²) in [6, 6.07) is 5.32. The zero-order chi connectivity index (χ0) is 33.7. The summed E-state index contributed by atoms with van der Waals surface area (Å²) in [7, 11) is 3.74. The van der Waals surface area contributed by atoms with Gasteiger partial charge in [0.05, 0.1) is 18.8 Å². The van der Waals surface area contributed by atoms with Crippen molar-refractivity contribution < 1.29 is 29.0 Å². The van der Waals surface area contributed by atoms with Gasteiger partial charge in [0, 0.05) is 0 Å². The van der Waals surface area contributed by atoms with Crippen molar-refractivity contribution in [3.05, 3.63) is 29.8 Å². The number of likely N-dealkylation sites (N-methyl/N-ethyl adjacent to an activating group) is 1. The fraction of sp³-hybridized carbons (Fsp3) is 0.735. The second-order valence-electron chi connectivity index (χ2n) is 14.8. The van der Waals surface area contributed by atoms with E-state index in [1.807, 2.05) is 65.7 Å². The van der Waals surface area contributed by atoms with Crippen LogP contribution in [0.15, 0.2) is 24.3 Å². The highest BCUT2D eigenvalue weighted by Gasteiger charge is 2.30. The molecule has 0 heterocycles. The molecule has 43 heavy (non-hydrogen) atoms. The highest BCUT2D eigenvalue weighted by Crippen LogP contribution is 2.23. The molecule has 0 radical (unpaired) electrons. The number of esters is 2. The molecule has 1 unspecified atom stereocenters. The van der Waals surface area contributed by atoms with Gasteiger partial charge in [0.1, 0.15) is 17.8 Å². The van der Waals surface area contributed by atoms with Crippen LogP contribution in [0.1, 0.15) is 94.6 Å². The molecule has 9 heteroatoms. The molecule has 9 nitrogen and oxygen atoms in total. The minimum Gasteiger partial charge on any atom is -0.508 e. The molecule has 0 saturated carbocycles. The molecule has 0 saturated heterocycles. The topological polar surface area (TPSA) is 131 Å². The SMILES string of the molecule is CC(CC(C)(C)C)OC(=O)[C@@H](NC(=O)[C@@H](N)C(C)C)C(C)C.CN(C)[C@@H](Cc1ccc(O)cc1)C(=O)OCCC(C)(C)C. The summed E-state index contributed by atoms with van der Waals surface area (Å²) in [6.07, 6.45) is 1.99. The van der Waals surface area contributed by atoms with Crippen molar-refractivity contribution in [3.8, 4) is 5.75 Å². The van der Waals surface area contributed by atoms with E-state index in [0.29, 0.717) is 13.0 Å². The molecule has 1 amide bonds. The number of nitrogens with one attached hydrogen (secondary N) is 1. The van der Waals surface area contributed by atoms with Crippen LogP contribution in [-0.2, 0) is 30.3 Å². The number of nitrogens with two attached hydrogens (primary N) is 1. The Morgan fingerprint density at radius 1 is 0.884 bits per heavy atom. The zero-order valence-corrected chi connectivity index (χ0v) is 29.1. The van der Waals surface area contributed by atoms with Crippen LogP contribution in [0.4, 0.5) is 0 Å². The van der Waals surface area contributed by atoms with E-state index < -0.39 is 18.1 Å². The molecule has 0 aliphatic heterocycles. The molecule has 0 aromatic heterocycles. The van der Waals surface area contributed by atoms with Gasteiger partial charge in [-0.05, 0) is 80.6 Å². The maximum Gasteiger partial charge on any atom is 0.329 e. The Labute approximate surface area is 261 Å². The number of benzene rings is 1. The van der Waals surface area contributed by atoms with Gasteiger partial charge < -0.3 is 25.6 Å². The second kappa shape index (κ2) is 18.2.